The number of rotatable bonds is 5. The highest BCUT2D eigenvalue weighted by Crippen LogP contribution is 2.26. The van der Waals surface area contributed by atoms with Crippen molar-refractivity contribution in [3.63, 3.8) is 0 Å². The average Bonchev–Trinajstić information content (AvgIpc) is 2.46. The molecule has 2 rings (SSSR count). The van der Waals surface area contributed by atoms with Gasteiger partial charge in [-0.15, -0.1) is 0 Å². The van der Waals surface area contributed by atoms with Crippen molar-refractivity contribution in [2.24, 2.45) is 0 Å². The van der Waals surface area contributed by atoms with Crippen molar-refractivity contribution in [2.45, 2.75) is 20.5 Å². The zero-order valence-electron chi connectivity index (χ0n) is 12.3. The lowest BCUT2D eigenvalue weighted by Crippen LogP contribution is -2.05. The van der Waals surface area contributed by atoms with Crippen LogP contribution in [0.4, 0.5) is 0 Å². The molecule has 0 amide bonds. The second kappa shape index (κ2) is 6.31. The van der Waals surface area contributed by atoms with Crippen molar-refractivity contribution in [3.8, 4) is 11.5 Å². The van der Waals surface area contributed by atoms with Gasteiger partial charge in [0.05, 0.1) is 7.11 Å². The Morgan fingerprint density at radius 3 is 2.38 bits per heavy atom. The first kappa shape index (κ1) is 14.9. The fourth-order valence-electron chi connectivity index (χ4n) is 2.15. The van der Waals surface area contributed by atoms with Gasteiger partial charge in [-0.2, -0.15) is 0 Å². The minimum atomic E-state index is -1.02. The van der Waals surface area contributed by atoms with E-state index in [4.69, 9.17) is 9.47 Å². The number of aromatic carboxylic acids is 1. The molecule has 0 heterocycles. The van der Waals surface area contributed by atoms with Crippen molar-refractivity contribution in [1.82, 2.24) is 0 Å². The normalized spacial score (nSPS) is 10.2. The summed E-state index contributed by atoms with van der Waals surface area (Å²) in [5.41, 5.74) is 3.43. The molecule has 0 aliphatic rings. The van der Waals surface area contributed by atoms with E-state index in [0.29, 0.717) is 18.1 Å². The van der Waals surface area contributed by atoms with Crippen LogP contribution in [0.25, 0.3) is 0 Å². The Hall–Kier alpha value is -2.49. The van der Waals surface area contributed by atoms with Gasteiger partial charge in [-0.25, -0.2) is 4.79 Å². The molecule has 1 N–H and O–H groups in total. The lowest BCUT2D eigenvalue weighted by Gasteiger charge is -2.14. The van der Waals surface area contributed by atoms with Crippen LogP contribution in [-0.4, -0.2) is 18.2 Å². The Bertz CT molecular complexity index is 642. The van der Waals surface area contributed by atoms with E-state index in [1.807, 2.05) is 32.0 Å². The van der Waals surface area contributed by atoms with E-state index in [1.54, 1.807) is 12.1 Å². The van der Waals surface area contributed by atoms with Crippen LogP contribution in [0.5, 0.6) is 11.5 Å². The molecule has 110 valence electrons. The van der Waals surface area contributed by atoms with Crippen LogP contribution in [0.1, 0.15) is 27.0 Å². The van der Waals surface area contributed by atoms with Crippen LogP contribution in [-0.2, 0) is 6.61 Å². The Labute approximate surface area is 123 Å². The summed E-state index contributed by atoms with van der Waals surface area (Å²) in [6, 6.07) is 10.7. The molecule has 0 saturated carbocycles. The Morgan fingerprint density at radius 1 is 1.14 bits per heavy atom. The minimum Gasteiger partial charge on any atom is -0.497 e. The number of methoxy groups -OCH3 is 1. The smallest absolute Gasteiger partial charge is 0.339 e. The van der Waals surface area contributed by atoms with Gasteiger partial charge < -0.3 is 14.6 Å². The summed E-state index contributed by atoms with van der Waals surface area (Å²) in [7, 11) is 1.53. The zero-order valence-corrected chi connectivity index (χ0v) is 12.3. The molecule has 4 heteroatoms. The van der Waals surface area contributed by atoms with E-state index in [9.17, 15) is 9.90 Å². The summed E-state index contributed by atoms with van der Waals surface area (Å²) < 4.78 is 10.8. The summed E-state index contributed by atoms with van der Waals surface area (Å²) in [4.78, 5) is 11.2. The number of carboxylic acid groups (broad SMARTS) is 1. The molecule has 2 aromatic rings. The molecular weight excluding hydrogens is 268 g/mol. The van der Waals surface area contributed by atoms with Crippen LogP contribution >= 0.6 is 0 Å². The number of carboxylic acids is 1. The molecule has 0 radical (unpaired) electrons. The van der Waals surface area contributed by atoms with Crippen molar-refractivity contribution in [2.75, 3.05) is 7.11 Å². The standard InChI is InChI=1S/C17H18O4/c1-11-5-4-6-12(2)15(11)10-21-16-9-13(20-3)7-8-14(16)17(18)19/h4-9H,10H2,1-3H3,(H,18,19). The first-order valence-electron chi connectivity index (χ1n) is 6.62. The third kappa shape index (κ3) is 3.34. The van der Waals surface area contributed by atoms with Crippen molar-refractivity contribution >= 4 is 5.97 Å². The van der Waals surface area contributed by atoms with Crippen LogP contribution < -0.4 is 9.47 Å². The van der Waals surface area contributed by atoms with E-state index in [2.05, 4.69) is 0 Å². The number of benzene rings is 2. The van der Waals surface area contributed by atoms with Gasteiger partial charge >= 0.3 is 5.97 Å². The van der Waals surface area contributed by atoms with Gasteiger partial charge in [-0.1, -0.05) is 18.2 Å². The maximum atomic E-state index is 11.2. The molecule has 0 saturated heterocycles. The topological polar surface area (TPSA) is 55.8 Å². The van der Waals surface area contributed by atoms with Crippen LogP contribution in [0.15, 0.2) is 36.4 Å². The zero-order chi connectivity index (χ0) is 15.4. The molecule has 0 spiro atoms. The summed E-state index contributed by atoms with van der Waals surface area (Å²) in [6.45, 7) is 4.34. The predicted octanol–water partition coefficient (Wildman–Crippen LogP) is 3.59. The Kier molecular flexibility index (Phi) is 4.48. The molecule has 0 aliphatic heterocycles. The molecule has 0 atom stereocenters. The van der Waals surface area contributed by atoms with E-state index in [-0.39, 0.29) is 5.56 Å². The third-order valence-electron chi connectivity index (χ3n) is 3.44. The molecule has 2 aromatic carbocycles. The number of carbonyl (C=O) groups is 1. The van der Waals surface area contributed by atoms with Gasteiger partial charge in [0.2, 0.25) is 0 Å². The van der Waals surface area contributed by atoms with Crippen LogP contribution in [0.3, 0.4) is 0 Å². The SMILES string of the molecule is COc1ccc(C(=O)O)c(OCc2c(C)cccc2C)c1. The lowest BCUT2D eigenvalue weighted by atomic mass is 10.0. The van der Waals surface area contributed by atoms with E-state index >= 15 is 0 Å². The van der Waals surface area contributed by atoms with Gasteiger partial charge in [0.1, 0.15) is 23.7 Å². The van der Waals surface area contributed by atoms with Crippen LogP contribution in [0, 0.1) is 13.8 Å². The number of hydrogen-bond donors (Lipinski definition) is 1. The van der Waals surface area contributed by atoms with Crippen molar-refractivity contribution in [1.29, 1.82) is 0 Å². The summed E-state index contributed by atoms with van der Waals surface area (Å²) in [6.07, 6.45) is 0. The first-order valence-corrected chi connectivity index (χ1v) is 6.62. The fourth-order valence-corrected chi connectivity index (χ4v) is 2.15. The molecule has 0 fully saturated rings. The summed E-state index contributed by atoms with van der Waals surface area (Å²) >= 11 is 0. The molecule has 4 nitrogen and oxygen atoms in total. The van der Waals surface area contributed by atoms with Crippen molar-refractivity contribution < 1.29 is 19.4 Å². The van der Waals surface area contributed by atoms with E-state index in [1.165, 1.54) is 13.2 Å². The van der Waals surface area contributed by atoms with E-state index in [0.717, 1.165) is 16.7 Å². The fraction of sp³-hybridized carbons (Fsp3) is 0.235. The molecule has 0 unspecified atom stereocenters. The third-order valence-corrected chi connectivity index (χ3v) is 3.44. The van der Waals surface area contributed by atoms with Crippen LogP contribution in [0.2, 0.25) is 0 Å². The van der Waals surface area contributed by atoms with Gasteiger partial charge in [0.15, 0.2) is 0 Å². The lowest BCUT2D eigenvalue weighted by molar-refractivity contribution is 0.0691. The maximum Gasteiger partial charge on any atom is 0.339 e. The highest BCUT2D eigenvalue weighted by Gasteiger charge is 2.13. The van der Waals surface area contributed by atoms with Crippen molar-refractivity contribution in [3.05, 3.63) is 58.7 Å². The monoisotopic (exact) mass is 286 g/mol. The quantitative estimate of drug-likeness (QED) is 0.912. The maximum absolute atomic E-state index is 11.2. The van der Waals surface area contributed by atoms with Gasteiger partial charge in [-0.05, 0) is 42.7 Å². The Balaban J connectivity index is 2.28. The second-order valence-electron chi connectivity index (χ2n) is 4.83. The highest BCUT2D eigenvalue weighted by molar-refractivity contribution is 5.91. The Morgan fingerprint density at radius 2 is 1.81 bits per heavy atom. The minimum absolute atomic E-state index is 0.127. The second-order valence-corrected chi connectivity index (χ2v) is 4.83. The number of aryl methyl sites for hydroxylation is 2. The molecule has 0 aliphatic carbocycles. The molecule has 21 heavy (non-hydrogen) atoms. The summed E-state index contributed by atoms with van der Waals surface area (Å²) in [5.74, 6) is -0.143. The molecule has 0 aromatic heterocycles. The van der Waals surface area contributed by atoms with Gasteiger partial charge in [0.25, 0.3) is 0 Å². The number of hydrogen-bond acceptors (Lipinski definition) is 3. The largest absolute Gasteiger partial charge is 0.497 e. The highest BCUT2D eigenvalue weighted by atomic mass is 16.5. The van der Waals surface area contributed by atoms with Gasteiger partial charge in [-0.3, -0.25) is 0 Å². The summed E-state index contributed by atoms with van der Waals surface area (Å²) in [5, 5.41) is 9.21. The predicted molar refractivity (Wildman–Crippen MR) is 80.2 cm³/mol. The van der Waals surface area contributed by atoms with Gasteiger partial charge in [0, 0.05) is 6.07 Å². The molecular formula is C17H18O4. The average molecular weight is 286 g/mol. The van der Waals surface area contributed by atoms with E-state index < -0.39 is 5.97 Å². The first-order chi connectivity index (χ1) is 10.0. The molecule has 0 bridgehead atoms. The number of ether oxygens (including phenoxy) is 2.